The highest BCUT2D eigenvalue weighted by Gasteiger charge is 2.17. The van der Waals surface area contributed by atoms with Crippen LogP contribution in [0.5, 0.6) is 0 Å². The minimum absolute atomic E-state index is 0.0392. The van der Waals surface area contributed by atoms with Crippen LogP contribution >= 0.6 is 22.9 Å². The van der Waals surface area contributed by atoms with E-state index in [1.165, 1.54) is 16.9 Å². The third-order valence-electron chi connectivity index (χ3n) is 4.46. The Morgan fingerprint density at radius 2 is 2.31 bits per heavy atom. The molecule has 0 bridgehead atoms. The third-order valence-corrected chi connectivity index (χ3v) is 5.80. The summed E-state index contributed by atoms with van der Waals surface area (Å²) in [5.74, 6) is -0.0392. The molecule has 0 aliphatic carbocycles. The number of halogens is 1. The first kappa shape index (κ1) is 17.3. The van der Waals surface area contributed by atoms with Crippen molar-refractivity contribution in [2.75, 3.05) is 19.6 Å². The molecule has 1 aliphatic heterocycles. The Kier molecular flexibility index (Phi) is 4.80. The topological polar surface area (TPSA) is 59.0 Å². The first-order valence-corrected chi connectivity index (χ1v) is 9.73. The minimum Gasteiger partial charge on any atom is -0.348 e. The van der Waals surface area contributed by atoms with Crippen molar-refractivity contribution in [2.45, 2.75) is 13.3 Å². The molecule has 3 aromatic rings. The third kappa shape index (κ3) is 3.40. The van der Waals surface area contributed by atoms with Gasteiger partial charge in [0.1, 0.15) is 4.83 Å². The molecule has 3 heterocycles. The molecule has 0 fully saturated rings. The van der Waals surface area contributed by atoms with Gasteiger partial charge in [-0.3, -0.25) is 4.79 Å². The first-order valence-electron chi connectivity index (χ1n) is 8.54. The van der Waals surface area contributed by atoms with E-state index in [0.717, 1.165) is 41.1 Å². The van der Waals surface area contributed by atoms with Gasteiger partial charge in [-0.25, -0.2) is 4.68 Å². The Morgan fingerprint density at radius 3 is 3.08 bits per heavy atom. The second-order valence-corrected chi connectivity index (χ2v) is 7.77. The number of hydrogen-bond acceptors (Lipinski definition) is 4. The molecule has 26 heavy (non-hydrogen) atoms. The van der Waals surface area contributed by atoms with Crippen LogP contribution in [0.3, 0.4) is 0 Å². The Labute approximate surface area is 160 Å². The molecular formula is C19H19ClN4OS. The number of amides is 1. The van der Waals surface area contributed by atoms with Crippen molar-refractivity contribution >= 4 is 39.1 Å². The first-order chi connectivity index (χ1) is 12.6. The minimum atomic E-state index is -0.0392. The van der Waals surface area contributed by atoms with Gasteiger partial charge in [-0.2, -0.15) is 5.10 Å². The van der Waals surface area contributed by atoms with Gasteiger partial charge in [0.25, 0.3) is 5.91 Å². The predicted octanol–water partition coefficient (Wildman–Crippen LogP) is 3.70. The van der Waals surface area contributed by atoms with Crippen molar-refractivity contribution in [1.82, 2.24) is 20.4 Å². The van der Waals surface area contributed by atoms with Gasteiger partial charge >= 0.3 is 0 Å². The van der Waals surface area contributed by atoms with E-state index in [0.29, 0.717) is 16.4 Å². The fourth-order valence-corrected chi connectivity index (χ4v) is 4.34. The van der Waals surface area contributed by atoms with Gasteiger partial charge < -0.3 is 10.6 Å². The smallest absolute Gasteiger partial charge is 0.261 e. The Bertz CT molecular complexity index is 1000. The summed E-state index contributed by atoms with van der Waals surface area (Å²) in [6.45, 7) is 4.41. The van der Waals surface area contributed by atoms with Crippen molar-refractivity contribution < 1.29 is 4.79 Å². The van der Waals surface area contributed by atoms with Crippen LogP contribution in [0.2, 0.25) is 5.02 Å². The van der Waals surface area contributed by atoms with Crippen LogP contribution in [0.4, 0.5) is 0 Å². The van der Waals surface area contributed by atoms with Crippen LogP contribution in [-0.2, 0) is 0 Å². The van der Waals surface area contributed by atoms with Crippen LogP contribution in [0.25, 0.3) is 15.9 Å². The molecule has 134 valence electrons. The number of rotatable bonds is 4. The van der Waals surface area contributed by atoms with E-state index in [1.807, 2.05) is 41.9 Å². The largest absolute Gasteiger partial charge is 0.348 e. The van der Waals surface area contributed by atoms with Gasteiger partial charge in [-0.05, 0) is 44.2 Å². The zero-order chi connectivity index (χ0) is 18.1. The van der Waals surface area contributed by atoms with Gasteiger partial charge in [0.05, 0.1) is 16.3 Å². The average Bonchev–Trinajstić information content (AvgIpc) is 3.21. The molecule has 0 radical (unpaired) electrons. The number of hydrogen-bond donors (Lipinski definition) is 2. The normalized spacial score (nSPS) is 14.5. The van der Waals surface area contributed by atoms with Crippen LogP contribution in [0, 0.1) is 6.92 Å². The van der Waals surface area contributed by atoms with E-state index in [4.69, 9.17) is 11.6 Å². The van der Waals surface area contributed by atoms with Gasteiger partial charge in [0.2, 0.25) is 0 Å². The Balaban J connectivity index is 1.60. The predicted molar refractivity (Wildman–Crippen MR) is 107 cm³/mol. The van der Waals surface area contributed by atoms with Gasteiger partial charge in [-0.1, -0.05) is 29.3 Å². The summed E-state index contributed by atoms with van der Waals surface area (Å²) in [6.07, 6.45) is 3.13. The molecule has 1 aliphatic rings. The molecule has 2 aromatic heterocycles. The number of carbonyl (C=O) groups excluding carboxylic acids is 1. The maximum atomic E-state index is 12.6. The number of fused-ring (bicyclic) bond motifs is 1. The molecule has 1 aromatic carbocycles. The van der Waals surface area contributed by atoms with Crippen molar-refractivity contribution in [3.8, 4) is 5.69 Å². The molecule has 2 N–H and O–H groups in total. The van der Waals surface area contributed by atoms with Crippen LogP contribution < -0.4 is 10.6 Å². The van der Waals surface area contributed by atoms with Crippen molar-refractivity contribution in [3.63, 3.8) is 0 Å². The highest BCUT2D eigenvalue weighted by Crippen LogP contribution is 2.31. The molecule has 5 nitrogen and oxygen atoms in total. The number of carbonyl (C=O) groups is 1. The second kappa shape index (κ2) is 7.23. The Hall–Kier alpha value is -2.15. The summed E-state index contributed by atoms with van der Waals surface area (Å²) in [6, 6.07) is 9.49. The quantitative estimate of drug-likeness (QED) is 0.672. The van der Waals surface area contributed by atoms with Crippen molar-refractivity contribution in [2.24, 2.45) is 0 Å². The monoisotopic (exact) mass is 386 g/mol. The molecule has 0 unspecified atom stereocenters. The summed E-state index contributed by atoms with van der Waals surface area (Å²) in [4.78, 5) is 14.2. The SMILES string of the molecule is Cc1nn(-c2cccc(Cl)c2)c2sc(C(=O)NCC3=CCNCC3)cc12. The van der Waals surface area contributed by atoms with E-state index < -0.39 is 0 Å². The number of aromatic nitrogens is 2. The fraction of sp³-hybridized carbons (Fsp3) is 0.263. The highest BCUT2D eigenvalue weighted by atomic mass is 35.5. The summed E-state index contributed by atoms with van der Waals surface area (Å²) < 4.78 is 1.85. The lowest BCUT2D eigenvalue weighted by Gasteiger charge is -2.14. The van der Waals surface area contributed by atoms with E-state index in [1.54, 1.807) is 0 Å². The highest BCUT2D eigenvalue weighted by molar-refractivity contribution is 7.20. The van der Waals surface area contributed by atoms with E-state index in [-0.39, 0.29) is 5.91 Å². The van der Waals surface area contributed by atoms with Crippen molar-refractivity contribution in [3.05, 3.63) is 57.6 Å². The van der Waals surface area contributed by atoms with Gasteiger partial charge in [0, 0.05) is 23.5 Å². The Morgan fingerprint density at radius 1 is 1.42 bits per heavy atom. The van der Waals surface area contributed by atoms with E-state index >= 15 is 0 Å². The number of thiophene rings is 1. The fourth-order valence-electron chi connectivity index (χ4n) is 3.05. The number of nitrogens with zero attached hydrogens (tertiary/aromatic N) is 2. The average molecular weight is 387 g/mol. The second-order valence-electron chi connectivity index (χ2n) is 6.31. The maximum Gasteiger partial charge on any atom is 0.261 e. The van der Waals surface area contributed by atoms with Crippen LogP contribution in [0.1, 0.15) is 21.8 Å². The summed E-state index contributed by atoms with van der Waals surface area (Å²) in [5.41, 5.74) is 3.07. The summed E-state index contributed by atoms with van der Waals surface area (Å²) in [5, 5.41) is 12.6. The summed E-state index contributed by atoms with van der Waals surface area (Å²) in [7, 11) is 0. The lowest BCUT2D eigenvalue weighted by atomic mass is 10.1. The molecule has 4 rings (SSSR count). The number of benzene rings is 1. The van der Waals surface area contributed by atoms with E-state index in [9.17, 15) is 4.79 Å². The molecular weight excluding hydrogens is 368 g/mol. The summed E-state index contributed by atoms with van der Waals surface area (Å²) >= 11 is 7.57. The standard InChI is InChI=1S/C19H19ClN4OS/c1-12-16-10-17(18(25)22-11-13-5-7-21-8-6-13)26-19(16)24(23-12)15-4-2-3-14(20)9-15/h2-5,9-10,21H,6-8,11H2,1H3,(H,22,25). The molecule has 0 saturated heterocycles. The van der Waals surface area contributed by atoms with Crippen molar-refractivity contribution in [1.29, 1.82) is 0 Å². The van der Waals surface area contributed by atoms with E-state index in [2.05, 4.69) is 21.8 Å². The maximum absolute atomic E-state index is 12.6. The lowest BCUT2D eigenvalue weighted by molar-refractivity contribution is 0.0960. The molecule has 0 atom stereocenters. The van der Waals surface area contributed by atoms with Gasteiger partial charge in [0.15, 0.2) is 0 Å². The zero-order valence-corrected chi connectivity index (χ0v) is 16.0. The molecule has 1 amide bonds. The molecule has 0 spiro atoms. The number of nitrogens with one attached hydrogen (secondary N) is 2. The molecule has 0 saturated carbocycles. The van der Waals surface area contributed by atoms with Crippen LogP contribution in [0.15, 0.2) is 42.0 Å². The van der Waals surface area contributed by atoms with Crippen LogP contribution in [-0.4, -0.2) is 35.3 Å². The molecule has 7 heteroatoms. The number of aryl methyl sites for hydroxylation is 1. The lowest BCUT2D eigenvalue weighted by Crippen LogP contribution is -2.29. The zero-order valence-electron chi connectivity index (χ0n) is 14.4. The van der Waals surface area contributed by atoms with Gasteiger partial charge in [-0.15, -0.1) is 11.3 Å².